The lowest BCUT2D eigenvalue weighted by atomic mass is 10.1. The maximum absolute atomic E-state index is 13.1. The number of hydrogen-bond donors (Lipinski definition) is 0. The Bertz CT molecular complexity index is 566. The third-order valence-corrected chi connectivity index (χ3v) is 2.22. The molecule has 17 heavy (non-hydrogen) atoms. The minimum atomic E-state index is -0.724. The van der Waals surface area contributed by atoms with E-state index in [2.05, 4.69) is 14.9 Å². The van der Waals surface area contributed by atoms with Gasteiger partial charge in [0.2, 0.25) is 5.89 Å². The van der Waals surface area contributed by atoms with Crippen LogP contribution in [0.3, 0.4) is 0 Å². The third kappa shape index (κ3) is 2.15. The minimum Gasteiger partial charge on any atom is -0.462 e. The Hall–Kier alpha value is -2.24. The summed E-state index contributed by atoms with van der Waals surface area (Å²) < 4.78 is 22.6. The van der Waals surface area contributed by atoms with Gasteiger partial charge in [0.1, 0.15) is 5.82 Å². The Balaban J connectivity index is 2.43. The molecule has 1 heterocycles. The van der Waals surface area contributed by atoms with E-state index in [0.717, 1.165) is 5.56 Å². The summed E-state index contributed by atoms with van der Waals surface area (Å²) in [6.07, 6.45) is 0. The molecular formula is C11H9FN2O3. The average Bonchev–Trinajstić information content (AvgIpc) is 2.80. The highest BCUT2D eigenvalue weighted by Gasteiger charge is 2.17. The van der Waals surface area contributed by atoms with Crippen LogP contribution in [0, 0.1) is 12.7 Å². The first-order valence-electron chi connectivity index (χ1n) is 4.80. The SMILES string of the molecule is COC(=O)c1nnc(-c2cc(F)ccc2C)o1. The number of carbonyl (C=O) groups excluding carboxylic acids is 1. The van der Waals surface area contributed by atoms with Crippen LogP contribution < -0.4 is 0 Å². The predicted octanol–water partition coefficient (Wildman–Crippen LogP) is 1.97. The largest absolute Gasteiger partial charge is 0.462 e. The molecule has 0 spiro atoms. The fourth-order valence-electron chi connectivity index (χ4n) is 1.33. The number of hydrogen-bond acceptors (Lipinski definition) is 5. The first-order valence-corrected chi connectivity index (χ1v) is 4.80. The van der Waals surface area contributed by atoms with Crippen molar-refractivity contribution in [3.05, 3.63) is 35.5 Å². The molecular weight excluding hydrogens is 227 g/mol. The molecule has 0 fully saturated rings. The lowest BCUT2D eigenvalue weighted by Crippen LogP contribution is -2.00. The second-order valence-electron chi connectivity index (χ2n) is 3.36. The maximum Gasteiger partial charge on any atom is 0.396 e. The summed E-state index contributed by atoms with van der Waals surface area (Å²) in [5.41, 5.74) is 1.22. The number of carbonyl (C=O) groups is 1. The zero-order valence-electron chi connectivity index (χ0n) is 9.23. The molecule has 1 aromatic heterocycles. The molecule has 2 rings (SSSR count). The van der Waals surface area contributed by atoms with Crippen LogP contribution in [-0.2, 0) is 4.74 Å². The number of esters is 1. The van der Waals surface area contributed by atoms with Crippen LogP contribution in [0.2, 0.25) is 0 Å². The summed E-state index contributed by atoms with van der Waals surface area (Å²) in [6, 6.07) is 4.19. The second-order valence-corrected chi connectivity index (χ2v) is 3.36. The molecule has 0 saturated heterocycles. The third-order valence-electron chi connectivity index (χ3n) is 2.22. The van der Waals surface area contributed by atoms with Crippen molar-refractivity contribution in [2.45, 2.75) is 6.92 Å². The van der Waals surface area contributed by atoms with E-state index in [1.165, 1.54) is 19.2 Å². The van der Waals surface area contributed by atoms with Crippen LogP contribution in [0.25, 0.3) is 11.5 Å². The average molecular weight is 236 g/mol. The predicted molar refractivity (Wildman–Crippen MR) is 55.8 cm³/mol. The van der Waals surface area contributed by atoms with Gasteiger partial charge < -0.3 is 9.15 Å². The minimum absolute atomic E-state index is 0.0856. The van der Waals surface area contributed by atoms with E-state index < -0.39 is 11.8 Å². The van der Waals surface area contributed by atoms with Crippen molar-refractivity contribution < 1.29 is 18.3 Å². The van der Waals surface area contributed by atoms with Crippen LogP contribution in [0.5, 0.6) is 0 Å². The van der Waals surface area contributed by atoms with E-state index in [1.807, 2.05) is 0 Å². The van der Waals surface area contributed by atoms with E-state index >= 15 is 0 Å². The summed E-state index contributed by atoms with van der Waals surface area (Å²) in [5.74, 6) is -1.31. The van der Waals surface area contributed by atoms with Crippen LogP contribution in [-0.4, -0.2) is 23.3 Å². The van der Waals surface area contributed by atoms with Gasteiger partial charge in [-0.3, -0.25) is 0 Å². The number of methoxy groups -OCH3 is 1. The molecule has 0 atom stereocenters. The Labute approximate surface area is 96.2 Å². The molecule has 2 aromatic rings. The molecule has 0 bridgehead atoms. The van der Waals surface area contributed by atoms with Gasteiger partial charge in [-0.1, -0.05) is 6.07 Å². The molecule has 88 valence electrons. The number of rotatable bonds is 2. The topological polar surface area (TPSA) is 65.2 Å². The number of aryl methyl sites for hydroxylation is 1. The fourth-order valence-corrected chi connectivity index (χ4v) is 1.33. The van der Waals surface area contributed by atoms with E-state index in [4.69, 9.17) is 4.42 Å². The summed E-state index contributed by atoms with van der Waals surface area (Å²) in [4.78, 5) is 11.1. The van der Waals surface area contributed by atoms with Gasteiger partial charge in [0, 0.05) is 5.56 Å². The zero-order chi connectivity index (χ0) is 12.4. The number of ether oxygens (including phenoxy) is 1. The molecule has 6 heteroatoms. The highest BCUT2D eigenvalue weighted by atomic mass is 19.1. The van der Waals surface area contributed by atoms with Crippen molar-refractivity contribution in [3.63, 3.8) is 0 Å². The van der Waals surface area contributed by atoms with Gasteiger partial charge >= 0.3 is 11.9 Å². The highest BCUT2D eigenvalue weighted by Crippen LogP contribution is 2.23. The quantitative estimate of drug-likeness (QED) is 0.746. The molecule has 0 aliphatic rings. The number of aromatic nitrogens is 2. The molecule has 0 aliphatic heterocycles. The lowest BCUT2D eigenvalue weighted by molar-refractivity contribution is 0.0556. The molecule has 1 aromatic carbocycles. The number of halogens is 1. The Morgan fingerprint density at radius 1 is 1.41 bits per heavy atom. The smallest absolute Gasteiger partial charge is 0.396 e. The van der Waals surface area contributed by atoms with Gasteiger partial charge in [0.25, 0.3) is 0 Å². The Morgan fingerprint density at radius 3 is 2.88 bits per heavy atom. The van der Waals surface area contributed by atoms with Crippen LogP contribution in [0.1, 0.15) is 16.2 Å². The van der Waals surface area contributed by atoms with Crippen LogP contribution in [0.4, 0.5) is 4.39 Å². The maximum atomic E-state index is 13.1. The molecule has 5 nitrogen and oxygen atoms in total. The zero-order valence-corrected chi connectivity index (χ0v) is 9.23. The summed E-state index contributed by atoms with van der Waals surface area (Å²) in [7, 11) is 1.21. The van der Waals surface area contributed by atoms with E-state index in [1.54, 1.807) is 13.0 Å². The van der Waals surface area contributed by atoms with Crippen molar-refractivity contribution in [1.82, 2.24) is 10.2 Å². The molecule has 0 saturated carbocycles. The van der Waals surface area contributed by atoms with Gasteiger partial charge in [0.05, 0.1) is 7.11 Å². The second kappa shape index (κ2) is 4.32. The Morgan fingerprint density at radius 2 is 2.18 bits per heavy atom. The first kappa shape index (κ1) is 11.3. The summed E-state index contributed by atoms with van der Waals surface area (Å²) in [5, 5.41) is 7.19. The van der Waals surface area contributed by atoms with Gasteiger partial charge in [0.15, 0.2) is 0 Å². The van der Waals surface area contributed by atoms with Crippen molar-refractivity contribution >= 4 is 5.97 Å². The molecule has 0 aliphatic carbocycles. The van der Waals surface area contributed by atoms with Crippen molar-refractivity contribution in [3.8, 4) is 11.5 Å². The van der Waals surface area contributed by atoms with Crippen LogP contribution >= 0.6 is 0 Å². The van der Waals surface area contributed by atoms with E-state index in [9.17, 15) is 9.18 Å². The summed E-state index contributed by atoms with van der Waals surface area (Å²) >= 11 is 0. The first-order chi connectivity index (χ1) is 8.11. The van der Waals surface area contributed by atoms with Crippen molar-refractivity contribution in [2.24, 2.45) is 0 Å². The molecule has 0 unspecified atom stereocenters. The molecule has 0 radical (unpaired) electrons. The number of benzene rings is 1. The van der Waals surface area contributed by atoms with E-state index in [-0.39, 0.29) is 11.8 Å². The van der Waals surface area contributed by atoms with Crippen LogP contribution in [0.15, 0.2) is 22.6 Å². The standard InChI is InChI=1S/C11H9FN2O3/c1-6-3-4-7(12)5-8(6)9-13-14-10(17-9)11(15)16-2/h3-5H,1-2H3. The summed E-state index contributed by atoms with van der Waals surface area (Å²) in [6.45, 7) is 1.77. The lowest BCUT2D eigenvalue weighted by Gasteiger charge is -1.99. The fraction of sp³-hybridized carbons (Fsp3) is 0.182. The van der Waals surface area contributed by atoms with Gasteiger partial charge in [-0.05, 0) is 24.6 Å². The van der Waals surface area contributed by atoms with Gasteiger partial charge in [-0.25, -0.2) is 9.18 Å². The Kier molecular flexibility index (Phi) is 2.86. The highest BCUT2D eigenvalue weighted by molar-refractivity contribution is 5.84. The molecule has 0 N–H and O–H groups in total. The van der Waals surface area contributed by atoms with E-state index in [0.29, 0.717) is 5.56 Å². The molecule has 0 amide bonds. The van der Waals surface area contributed by atoms with Crippen molar-refractivity contribution in [2.75, 3.05) is 7.11 Å². The van der Waals surface area contributed by atoms with Crippen molar-refractivity contribution in [1.29, 1.82) is 0 Å². The van der Waals surface area contributed by atoms with Gasteiger partial charge in [-0.15, -0.1) is 10.2 Å². The monoisotopic (exact) mass is 236 g/mol. The normalized spacial score (nSPS) is 10.3. The number of nitrogens with zero attached hydrogens (tertiary/aromatic N) is 2. The van der Waals surface area contributed by atoms with Gasteiger partial charge in [-0.2, -0.15) is 0 Å².